The van der Waals surface area contributed by atoms with Crippen molar-refractivity contribution in [3.63, 3.8) is 0 Å². The predicted octanol–water partition coefficient (Wildman–Crippen LogP) is 1.39. The zero-order valence-corrected chi connectivity index (χ0v) is 7.59. The number of terminal acetylenes is 1. The van der Waals surface area contributed by atoms with Crippen LogP contribution < -0.4 is 5.32 Å². The molecule has 1 N–H and O–H groups in total. The van der Waals surface area contributed by atoms with Crippen LogP contribution in [0.15, 0.2) is 0 Å². The smallest absolute Gasteiger partial charge is 0.407 e. The van der Waals surface area contributed by atoms with Gasteiger partial charge in [-0.15, -0.1) is 6.42 Å². The molecule has 0 saturated heterocycles. The highest BCUT2D eigenvalue weighted by molar-refractivity contribution is 5.67. The number of rotatable bonds is 4. The molecule has 0 aromatic heterocycles. The van der Waals surface area contributed by atoms with Crippen LogP contribution >= 0.6 is 0 Å². The van der Waals surface area contributed by atoms with E-state index in [0.29, 0.717) is 12.5 Å². The van der Waals surface area contributed by atoms with Gasteiger partial charge in [0.1, 0.15) is 0 Å². The van der Waals surface area contributed by atoms with E-state index in [1.54, 1.807) is 0 Å². The van der Waals surface area contributed by atoms with E-state index in [0.717, 1.165) is 6.42 Å². The molecule has 0 bridgehead atoms. The third-order valence-electron chi connectivity index (χ3n) is 1.26. The Morgan fingerprint density at radius 1 is 1.67 bits per heavy atom. The second-order valence-corrected chi connectivity index (χ2v) is 2.88. The van der Waals surface area contributed by atoms with Gasteiger partial charge in [-0.3, -0.25) is 0 Å². The number of nitrogens with one attached hydrogen (secondary N) is 1. The summed E-state index contributed by atoms with van der Waals surface area (Å²) in [6.45, 7) is 4.82. The van der Waals surface area contributed by atoms with Crippen LogP contribution in [0.5, 0.6) is 0 Å². The second-order valence-electron chi connectivity index (χ2n) is 2.88. The van der Waals surface area contributed by atoms with E-state index in [4.69, 9.17) is 11.2 Å². The number of alkyl carbamates (subject to hydrolysis) is 1. The maximum Gasteiger partial charge on any atom is 0.407 e. The van der Waals surface area contributed by atoms with Gasteiger partial charge in [-0.25, -0.2) is 4.79 Å². The van der Waals surface area contributed by atoms with Crippen LogP contribution in [0.25, 0.3) is 0 Å². The van der Waals surface area contributed by atoms with Gasteiger partial charge >= 0.3 is 6.09 Å². The van der Waals surface area contributed by atoms with Crippen molar-refractivity contribution < 1.29 is 9.53 Å². The first-order chi connectivity index (χ1) is 5.66. The summed E-state index contributed by atoms with van der Waals surface area (Å²) in [5.41, 5.74) is 0. The van der Waals surface area contributed by atoms with Crippen LogP contribution in [-0.4, -0.2) is 19.2 Å². The standard InChI is InChI=1S/C9H15NO2/c1-4-6-10-9(11)12-7-5-8(2)3/h1,8H,5-7H2,2-3H3,(H,10,11). The lowest BCUT2D eigenvalue weighted by Crippen LogP contribution is -2.25. The molecule has 12 heavy (non-hydrogen) atoms. The van der Waals surface area contributed by atoms with Crippen molar-refractivity contribution in [2.24, 2.45) is 5.92 Å². The first kappa shape index (κ1) is 10.8. The molecule has 0 rings (SSSR count). The fourth-order valence-electron chi connectivity index (χ4n) is 0.562. The van der Waals surface area contributed by atoms with Crippen molar-refractivity contribution in [1.29, 1.82) is 0 Å². The summed E-state index contributed by atoms with van der Waals surface area (Å²) < 4.78 is 4.81. The predicted molar refractivity (Wildman–Crippen MR) is 47.6 cm³/mol. The van der Waals surface area contributed by atoms with Crippen LogP contribution in [0, 0.1) is 18.3 Å². The molecule has 0 aliphatic carbocycles. The molecule has 0 aromatic carbocycles. The van der Waals surface area contributed by atoms with Gasteiger partial charge in [-0.1, -0.05) is 19.8 Å². The van der Waals surface area contributed by atoms with Crippen molar-refractivity contribution in [1.82, 2.24) is 5.32 Å². The van der Waals surface area contributed by atoms with Crippen LogP contribution in [0.4, 0.5) is 4.79 Å². The zero-order valence-electron chi connectivity index (χ0n) is 7.59. The van der Waals surface area contributed by atoms with Gasteiger partial charge in [-0.05, 0) is 12.3 Å². The largest absolute Gasteiger partial charge is 0.450 e. The van der Waals surface area contributed by atoms with Gasteiger partial charge in [-0.2, -0.15) is 0 Å². The summed E-state index contributed by atoms with van der Waals surface area (Å²) >= 11 is 0. The number of hydrogen-bond donors (Lipinski definition) is 1. The average Bonchev–Trinajstić information content (AvgIpc) is 2.00. The third-order valence-corrected chi connectivity index (χ3v) is 1.26. The van der Waals surface area contributed by atoms with Crippen LogP contribution in [0.1, 0.15) is 20.3 Å². The van der Waals surface area contributed by atoms with Crippen molar-refractivity contribution in [2.45, 2.75) is 20.3 Å². The van der Waals surface area contributed by atoms with E-state index in [1.807, 2.05) is 0 Å². The second kappa shape index (κ2) is 6.53. The SMILES string of the molecule is C#CCNC(=O)OCCC(C)C. The minimum atomic E-state index is -0.436. The van der Waals surface area contributed by atoms with E-state index in [9.17, 15) is 4.79 Å². The van der Waals surface area contributed by atoms with Crippen LogP contribution in [-0.2, 0) is 4.74 Å². The minimum absolute atomic E-state index is 0.223. The maximum absolute atomic E-state index is 10.8. The molecule has 0 heterocycles. The van der Waals surface area contributed by atoms with E-state index < -0.39 is 6.09 Å². The van der Waals surface area contributed by atoms with Gasteiger partial charge < -0.3 is 10.1 Å². The van der Waals surface area contributed by atoms with Gasteiger partial charge in [0, 0.05) is 0 Å². The molecule has 0 unspecified atom stereocenters. The Morgan fingerprint density at radius 3 is 2.83 bits per heavy atom. The summed E-state index contributed by atoms with van der Waals surface area (Å²) in [5.74, 6) is 2.83. The Labute approximate surface area is 73.5 Å². The van der Waals surface area contributed by atoms with Gasteiger partial charge in [0.05, 0.1) is 13.2 Å². The summed E-state index contributed by atoms with van der Waals surface area (Å²) in [6, 6.07) is 0. The third kappa shape index (κ3) is 6.94. The molecular weight excluding hydrogens is 154 g/mol. The zero-order chi connectivity index (χ0) is 9.40. The van der Waals surface area contributed by atoms with Gasteiger partial charge in [0.2, 0.25) is 0 Å². The summed E-state index contributed by atoms with van der Waals surface area (Å²) in [4.78, 5) is 10.8. The summed E-state index contributed by atoms with van der Waals surface area (Å²) in [6.07, 6.45) is 5.38. The van der Waals surface area contributed by atoms with Crippen molar-refractivity contribution in [3.05, 3.63) is 0 Å². The molecule has 68 valence electrons. The monoisotopic (exact) mass is 169 g/mol. The first-order valence-electron chi connectivity index (χ1n) is 4.01. The topological polar surface area (TPSA) is 38.3 Å². The summed E-state index contributed by atoms with van der Waals surface area (Å²) in [7, 11) is 0. The Hall–Kier alpha value is -1.17. The van der Waals surface area contributed by atoms with Gasteiger partial charge in [0.15, 0.2) is 0 Å². The fraction of sp³-hybridized carbons (Fsp3) is 0.667. The van der Waals surface area contributed by atoms with Crippen molar-refractivity contribution >= 4 is 6.09 Å². The summed E-state index contributed by atoms with van der Waals surface area (Å²) in [5, 5.41) is 2.41. The molecular formula is C9H15NO2. The van der Waals surface area contributed by atoms with E-state index >= 15 is 0 Å². The number of hydrogen-bond acceptors (Lipinski definition) is 2. The first-order valence-corrected chi connectivity index (χ1v) is 4.01. The molecule has 3 heteroatoms. The molecule has 3 nitrogen and oxygen atoms in total. The molecule has 0 radical (unpaired) electrons. The highest BCUT2D eigenvalue weighted by Crippen LogP contribution is 1.98. The maximum atomic E-state index is 10.8. The molecule has 0 fully saturated rings. The Morgan fingerprint density at radius 2 is 2.33 bits per heavy atom. The van der Waals surface area contributed by atoms with Crippen LogP contribution in [0.2, 0.25) is 0 Å². The molecule has 0 saturated carbocycles. The highest BCUT2D eigenvalue weighted by Gasteiger charge is 2.00. The fourth-order valence-corrected chi connectivity index (χ4v) is 0.562. The normalized spacial score (nSPS) is 9.17. The Balaban J connectivity index is 3.27. The Kier molecular flexibility index (Phi) is 5.90. The van der Waals surface area contributed by atoms with Crippen molar-refractivity contribution in [3.8, 4) is 12.3 Å². The lowest BCUT2D eigenvalue weighted by Gasteiger charge is -2.06. The molecule has 0 spiro atoms. The lowest BCUT2D eigenvalue weighted by atomic mass is 10.1. The minimum Gasteiger partial charge on any atom is -0.450 e. The molecule has 0 aromatic rings. The van der Waals surface area contributed by atoms with E-state index in [2.05, 4.69) is 25.1 Å². The molecule has 0 atom stereocenters. The number of carbonyl (C=O) groups excluding carboxylic acids is 1. The van der Waals surface area contributed by atoms with Crippen molar-refractivity contribution in [2.75, 3.05) is 13.2 Å². The quantitative estimate of drug-likeness (QED) is 0.646. The lowest BCUT2D eigenvalue weighted by molar-refractivity contribution is 0.142. The van der Waals surface area contributed by atoms with E-state index in [-0.39, 0.29) is 6.54 Å². The average molecular weight is 169 g/mol. The van der Waals surface area contributed by atoms with Crippen LogP contribution in [0.3, 0.4) is 0 Å². The number of amides is 1. The van der Waals surface area contributed by atoms with Gasteiger partial charge in [0.25, 0.3) is 0 Å². The van der Waals surface area contributed by atoms with E-state index in [1.165, 1.54) is 0 Å². The number of ether oxygens (including phenoxy) is 1. The highest BCUT2D eigenvalue weighted by atomic mass is 16.5. The molecule has 0 aliphatic heterocycles. The number of carbonyl (C=O) groups is 1. The molecule has 0 aliphatic rings. The molecule has 1 amide bonds. The Bertz CT molecular complexity index is 170.